The summed E-state index contributed by atoms with van der Waals surface area (Å²) in [7, 11) is 0. The summed E-state index contributed by atoms with van der Waals surface area (Å²) < 4.78 is 0. The number of nitrogens with zero attached hydrogens (tertiary/aromatic N) is 2. The molecule has 0 fully saturated rings. The Hall–Kier alpha value is -1.30. The van der Waals surface area contributed by atoms with Gasteiger partial charge in [0.05, 0.1) is 5.02 Å². The van der Waals surface area contributed by atoms with Crippen LogP contribution in [0.3, 0.4) is 0 Å². The molecule has 0 atom stereocenters. The highest BCUT2D eigenvalue weighted by Crippen LogP contribution is 2.30. The molecule has 0 saturated carbocycles. The van der Waals surface area contributed by atoms with E-state index in [-0.39, 0.29) is 10.8 Å². The molecule has 0 unspecified atom stereocenters. The summed E-state index contributed by atoms with van der Waals surface area (Å²) in [6.07, 6.45) is 3.24. The van der Waals surface area contributed by atoms with E-state index in [1.807, 2.05) is 0 Å². The number of aromatic nitrogens is 3. The highest BCUT2D eigenvalue weighted by molar-refractivity contribution is 6.35. The van der Waals surface area contributed by atoms with Crippen LogP contribution in [0.4, 0.5) is 0 Å². The van der Waals surface area contributed by atoms with Crippen molar-refractivity contribution in [3.05, 3.63) is 39.9 Å². The van der Waals surface area contributed by atoms with Crippen LogP contribution < -0.4 is 5.32 Å². The first-order valence-electron chi connectivity index (χ1n) is 5.88. The fourth-order valence-electron chi connectivity index (χ4n) is 1.71. The Morgan fingerprint density at radius 1 is 1.32 bits per heavy atom. The molecule has 1 aromatic heterocycles. The number of phenols is 1. The van der Waals surface area contributed by atoms with Crippen molar-refractivity contribution in [2.24, 2.45) is 0 Å². The highest BCUT2D eigenvalue weighted by atomic mass is 35.5. The van der Waals surface area contributed by atoms with Crippen LogP contribution in [0.25, 0.3) is 0 Å². The number of phenolic OH excluding ortho intramolecular Hbond substituents is 1. The average Bonchev–Trinajstić information content (AvgIpc) is 2.87. The minimum Gasteiger partial charge on any atom is -0.506 e. The van der Waals surface area contributed by atoms with E-state index in [1.54, 1.807) is 6.07 Å². The van der Waals surface area contributed by atoms with Crippen molar-refractivity contribution >= 4 is 23.2 Å². The normalized spacial score (nSPS) is 10.8. The molecular formula is C12H14Cl2N4O. The van der Waals surface area contributed by atoms with Crippen molar-refractivity contribution in [3.63, 3.8) is 0 Å². The summed E-state index contributed by atoms with van der Waals surface area (Å²) >= 11 is 11.7. The van der Waals surface area contributed by atoms with Crippen LogP contribution in [-0.2, 0) is 13.0 Å². The molecule has 0 aliphatic rings. The van der Waals surface area contributed by atoms with Gasteiger partial charge in [0.2, 0.25) is 0 Å². The molecule has 0 saturated heterocycles. The fraction of sp³-hybridized carbons (Fsp3) is 0.333. The molecular weight excluding hydrogens is 287 g/mol. The molecule has 102 valence electrons. The topological polar surface area (TPSA) is 73.8 Å². The summed E-state index contributed by atoms with van der Waals surface area (Å²) in [6.45, 7) is 1.31. The number of H-pyrrole nitrogens is 1. The number of aryl methyl sites for hydroxylation is 1. The van der Waals surface area contributed by atoms with Gasteiger partial charge in [0.25, 0.3) is 0 Å². The molecule has 1 heterocycles. The lowest BCUT2D eigenvalue weighted by Gasteiger charge is -2.08. The Morgan fingerprint density at radius 2 is 2.16 bits per heavy atom. The number of aromatic hydroxyl groups is 1. The minimum absolute atomic E-state index is 0.0776. The van der Waals surface area contributed by atoms with Crippen LogP contribution in [0.15, 0.2) is 18.5 Å². The van der Waals surface area contributed by atoms with Gasteiger partial charge < -0.3 is 10.4 Å². The molecule has 0 aliphatic carbocycles. The van der Waals surface area contributed by atoms with E-state index in [9.17, 15) is 5.11 Å². The van der Waals surface area contributed by atoms with Crippen molar-refractivity contribution in [2.75, 3.05) is 6.54 Å². The van der Waals surface area contributed by atoms with Gasteiger partial charge in [0.15, 0.2) is 0 Å². The molecule has 3 N–H and O–H groups in total. The van der Waals surface area contributed by atoms with Crippen LogP contribution in [0.2, 0.25) is 10.0 Å². The van der Waals surface area contributed by atoms with E-state index in [2.05, 4.69) is 20.5 Å². The minimum atomic E-state index is 0.0776. The lowest BCUT2D eigenvalue weighted by Crippen LogP contribution is -2.15. The van der Waals surface area contributed by atoms with E-state index in [0.717, 1.165) is 25.2 Å². The average molecular weight is 301 g/mol. The van der Waals surface area contributed by atoms with Gasteiger partial charge in [-0.05, 0) is 25.1 Å². The Morgan fingerprint density at radius 3 is 2.89 bits per heavy atom. The summed E-state index contributed by atoms with van der Waals surface area (Å²) in [5.41, 5.74) is 0.692. The number of rotatable bonds is 6. The molecule has 0 radical (unpaired) electrons. The highest BCUT2D eigenvalue weighted by Gasteiger charge is 2.07. The van der Waals surface area contributed by atoms with Crippen LogP contribution in [0.1, 0.15) is 17.8 Å². The van der Waals surface area contributed by atoms with E-state index in [1.165, 1.54) is 12.4 Å². The van der Waals surface area contributed by atoms with E-state index >= 15 is 0 Å². The molecule has 0 spiro atoms. The fourth-order valence-corrected chi connectivity index (χ4v) is 2.24. The van der Waals surface area contributed by atoms with Crippen molar-refractivity contribution in [1.29, 1.82) is 0 Å². The van der Waals surface area contributed by atoms with Gasteiger partial charge in [-0.3, -0.25) is 5.10 Å². The molecule has 0 aliphatic heterocycles. The van der Waals surface area contributed by atoms with Gasteiger partial charge in [-0.25, -0.2) is 4.98 Å². The van der Waals surface area contributed by atoms with Crippen molar-refractivity contribution < 1.29 is 5.11 Å². The zero-order chi connectivity index (χ0) is 13.7. The van der Waals surface area contributed by atoms with Gasteiger partial charge in [-0.2, -0.15) is 5.10 Å². The predicted octanol–water partition coefficient (Wildman–Crippen LogP) is 2.54. The zero-order valence-corrected chi connectivity index (χ0v) is 11.7. The third-order valence-electron chi connectivity index (χ3n) is 2.65. The van der Waals surface area contributed by atoms with E-state index in [4.69, 9.17) is 23.2 Å². The monoisotopic (exact) mass is 300 g/mol. The number of aromatic amines is 1. The molecule has 19 heavy (non-hydrogen) atoms. The second kappa shape index (κ2) is 6.75. The largest absolute Gasteiger partial charge is 0.506 e. The van der Waals surface area contributed by atoms with Crippen molar-refractivity contribution in [1.82, 2.24) is 20.5 Å². The standard InChI is InChI=1S/C12H14Cl2N4O/c13-9-4-8(12(19)10(14)5-9)6-15-3-1-2-11-16-7-17-18-11/h4-5,7,15,19H,1-3,6H2,(H,16,17,18). The maximum atomic E-state index is 9.77. The Bertz CT molecular complexity index is 531. The Balaban J connectivity index is 1.76. The third-order valence-corrected chi connectivity index (χ3v) is 3.16. The summed E-state index contributed by atoms with van der Waals surface area (Å²) in [6, 6.07) is 3.22. The number of hydrogen-bond acceptors (Lipinski definition) is 4. The van der Waals surface area contributed by atoms with Crippen molar-refractivity contribution in [3.8, 4) is 5.75 Å². The molecule has 0 amide bonds. The Kier molecular flexibility index (Phi) is 5.01. The first-order chi connectivity index (χ1) is 9.16. The maximum absolute atomic E-state index is 9.77. The first kappa shape index (κ1) is 14.1. The lowest BCUT2D eigenvalue weighted by atomic mass is 10.2. The first-order valence-corrected chi connectivity index (χ1v) is 6.64. The van der Waals surface area contributed by atoms with E-state index in [0.29, 0.717) is 17.1 Å². The molecule has 7 heteroatoms. The number of benzene rings is 1. The number of halogens is 2. The number of nitrogens with one attached hydrogen (secondary N) is 2. The maximum Gasteiger partial charge on any atom is 0.138 e. The van der Waals surface area contributed by atoms with Gasteiger partial charge in [-0.1, -0.05) is 23.2 Å². The lowest BCUT2D eigenvalue weighted by molar-refractivity contribution is 0.464. The molecule has 1 aromatic carbocycles. The third kappa shape index (κ3) is 4.09. The Labute approximate surface area is 121 Å². The van der Waals surface area contributed by atoms with Crippen LogP contribution in [0, 0.1) is 0 Å². The van der Waals surface area contributed by atoms with Crippen LogP contribution in [0.5, 0.6) is 5.75 Å². The summed E-state index contributed by atoms with van der Waals surface area (Å²) in [5, 5.41) is 20.4. The van der Waals surface area contributed by atoms with Gasteiger partial charge in [0, 0.05) is 23.6 Å². The van der Waals surface area contributed by atoms with Gasteiger partial charge in [-0.15, -0.1) is 0 Å². The molecule has 0 bridgehead atoms. The SMILES string of the molecule is Oc1c(Cl)cc(Cl)cc1CNCCCc1ncn[nH]1. The number of hydrogen-bond donors (Lipinski definition) is 3. The smallest absolute Gasteiger partial charge is 0.138 e. The second-order valence-corrected chi connectivity index (χ2v) is 4.95. The predicted molar refractivity (Wildman–Crippen MR) is 74.5 cm³/mol. The molecule has 2 aromatic rings. The van der Waals surface area contributed by atoms with Gasteiger partial charge in [0.1, 0.15) is 17.9 Å². The van der Waals surface area contributed by atoms with Crippen molar-refractivity contribution in [2.45, 2.75) is 19.4 Å². The summed E-state index contributed by atoms with van der Waals surface area (Å²) in [4.78, 5) is 4.04. The summed E-state index contributed by atoms with van der Waals surface area (Å²) in [5.74, 6) is 0.948. The zero-order valence-electron chi connectivity index (χ0n) is 10.2. The second-order valence-electron chi connectivity index (χ2n) is 4.11. The molecule has 5 nitrogen and oxygen atoms in total. The quantitative estimate of drug-likeness (QED) is 0.717. The van der Waals surface area contributed by atoms with Crippen LogP contribution >= 0.6 is 23.2 Å². The molecule has 2 rings (SSSR count). The van der Waals surface area contributed by atoms with Crippen LogP contribution in [-0.4, -0.2) is 26.8 Å². The van der Waals surface area contributed by atoms with Gasteiger partial charge >= 0.3 is 0 Å². The van der Waals surface area contributed by atoms with E-state index < -0.39 is 0 Å².